The van der Waals surface area contributed by atoms with Crippen molar-refractivity contribution in [2.75, 3.05) is 57.9 Å². The zero-order valence-electron chi connectivity index (χ0n) is 31.0. The van der Waals surface area contributed by atoms with Crippen molar-refractivity contribution in [3.8, 4) is 17.3 Å². The second-order valence-corrected chi connectivity index (χ2v) is 14.7. The maximum Gasteiger partial charge on any atom is 0.318 e. The predicted octanol–water partition coefficient (Wildman–Crippen LogP) is 6.30. The lowest BCUT2D eigenvalue weighted by molar-refractivity contribution is -0.167. The van der Waals surface area contributed by atoms with Crippen LogP contribution < -0.4 is 9.64 Å². The van der Waals surface area contributed by atoms with Crippen LogP contribution in [0.5, 0.6) is 6.01 Å². The van der Waals surface area contributed by atoms with Crippen molar-refractivity contribution in [3.63, 3.8) is 0 Å². The molecule has 0 aliphatic carbocycles. The molecule has 9 rings (SSSR count). The number of aromatic nitrogens is 5. The number of alkyl halides is 1. The molecule has 7 heterocycles. The highest BCUT2D eigenvalue weighted by Gasteiger charge is 2.51. The van der Waals surface area contributed by atoms with Crippen LogP contribution in [-0.2, 0) is 9.53 Å². The fraction of sp³-hybridized carbons (Fsp3) is 0.400. The van der Waals surface area contributed by atoms with E-state index in [2.05, 4.69) is 29.8 Å². The van der Waals surface area contributed by atoms with Gasteiger partial charge in [-0.15, -0.1) is 0 Å². The highest BCUT2D eigenvalue weighted by molar-refractivity contribution is 6.00. The van der Waals surface area contributed by atoms with Crippen molar-refractivity contribution in [1.82, 2.24) is 34.7 Å². The summed E-state index contributed by atoms with van der Waals surface area (Å²) in [5.41, 5.74) is -0.284. The molecule has 4 saturated heterocycles. The van der Waals surface area contributed by atoms with Gasteiger partial charge in [-0.25, -0.2) is 31.9 Å². The van der Waals surface area contributed by atoms with Crippen molar-refractivity contribution >= 4 is 39.5 Å². The number of ether oxygens (including phenoxy) is 2. The average Bonchev–Trinajstić information content (AvgIpc) is 3.75. The van der Waals surface area contributed by atoms with E-state index in [0.29, 0.717) is 29.5 Å². The molecule has 0 radical (unpaired) electrons. The second-order valence-electron chi connectivity index (χ2n) is 14.7. The number of hydrogen-bond acceptors (Lipinski definition) is 10. The summed E-state index contributed by atoms with van der Waals surface area (Å²) in [5, 5.41) is 0.491. The molecular weight excluding hydrogens is 735 g/mol. The number of benzene rings is 2. The van der Waals surface area contributed by atoms with Crippen LogP contribution in [0.2, 0.25) is 0 Å². The van der Waals surface area contributed by atoms with Crippen LogP contribution in [0.4, 0.5) is 27.8 Å². The fourth-order valence-corrected chi connectivity index (χ4v) is 8.28. The molecule has 1 amide bonds. The lowest BCUT2D eigenvalue weighted by atomic mass is 9.91. The van der Waals surface area contributed by atoms with Crippen LogP contribution in [-0.4, -0.2) is 111 Å². The molecule has 16 heteroatoms. The molecule has 0 N–H and O–H groups in total. The number of methoxy groups -OCH3 is 1. The number of carbonyl (C=O) groups is 1. The molecule has 4 aliphatic rings. The molecule has 2 aromatic carbocycles. The summed E-state index contributed by atoms with van der Waals surface area (Å²) in [6, 6.07) is 9.12. The Hall–Kier alpha value is -5.35. The van der Waals surface area contributed by atoms with Crippen LogP contribution in [0.15, 0.2) is 48.4 Å². The first-order chi connectivity index (χ1) is 26.9. The quantitative estimate of drug-likeness (QED) is 0.149. The summed E-state index contributed by atoms with van der Waals surface area (Å²) < 4.78 is 84.3. The Morgan fingerprint density at radius 2 is 1.84 bits per heavy atom. The van der Waals surface area contributed by atoms with E-state index in [9.17, 15) is 18.0 Å². The fourth-order valence-electron chi connectivity index (χ4n) is 8.28. The Morgan fingerprint density at radius 1 is 1.02 bits per heavy atom. The Balaban J connectivity index is 0.000000427. The van der Waals surface area contributed by atoms with Crippen LogP contribution in [0, 0.1) is 31.3 Å². The number of nitrogens with zero attached hydrogens (tertiary/aromatic N) is 8. The van der Waals surface area contributed by atoms with Gasteiger partial charge in [0, 0.05) is 61.1 Å². The number of aryl methyl sites for hydroxylation is 2. The first-order valence-corrected chi connectivity index (χ1v) is 18.4. The molecule has 11 nitrogen and oxygen atoms in total. The van der Waals surface area contributed by atoms with Gasteiger partial charge in [-0.1, -0.05) is 24.3 Å². The summed E-state index contributed by atoms with van der Waals surface area (Å²) in [7, 11) is 1.33. The molecule has 292 valence electrons. The van der Waals surface area contributed by atoms with E-state index in [1.807, 2.05) is 4.90 Å². The Kier molecular flexibility index (Phi) is 10.0. The molecule has 3 aromatic heterocycles. The topological polar surface area (TPSA) is 110 Å². The molecular formula is C40H39F5N8O3. The van der Waals surface area contributed by atoms with Crippen LogP contribution in [0.1, 0.15) is 36.5 Å². The van der Waals surface area contributed by atoms with Crippen molar-refractivity contribution in [2.24, 2.45) is 0 Å². The van der Waals surface area contributed by atoms with Gasteiger partial charge in [0.1, 0.15) is 34.6 Å². The van der Waals surface area contributed by atoms with E-state index in [0.717, 1.165) is 25.1 Å². The number of anilines is 1. The second kappa shape index (κ2) is 15.0. The van der Waals surface area contributed by atoms with E-state index in [1.165, 1.54) is 43.2 Å². The highest BCUT2D eigenvalue weighted by atomic mass is 19.2. The molecule has 0 saturated carbocycles. The van der Waals surface area contributed by atoms with Gasteiger partial charge < -0.3 is 19.3 Å². The summed E-state index contributed by atoms with van der Waals surface area (Å²) in [4.78, 5) is 40.4. The van der Waals surface area contributed by atoms with Gasteiger partial charge in [-0.05, 0) is 57.2 Å². The summed E-state index contributed by atoms with van der Waals surface area (Å²) in [5.74, 6) is -4.10. The van der Waals surface area contributed by atoms with Crippen LogP contribution in [0.3, 0.4) is 0 Å². The monoisotopic (exact) mass is 774 g/mol. The Labute approximate surface area is 319 Å². The molecule has 1 spiro atoms. The number of amides is 1. The third kappa shape index (κ3) is 6.89. The maximum atomic E-state index is 16.3. The first-order valence-electron chi connectivity index (χ1n) is 18.4. The minimum Gasteiger partial charge on any atom is -0.467 e. The number of fused-ring (bicyclic) bond motifs is 3. The predicted molar refractivity (Wildman–Crippen MR) is 199 cm³/mol. The van der Waals surface area contributed by atoms with Crippen molar-refractivity contribution in [3.05, 3.63) is 83.1 Å². The third-order valence-corrected chi connectivity index (χ3v) is 10.9. The third-order valence-electron chi connectivity index (χ3n) is 10.9. The van der Waals surface area contributed by atoms with Gasteiger partial charge in [0.15, 0.2) is 23.3 Å². The summed E-state index contributed by atoms with van der Waals surface area (Å²) in [6.07, 6.45) is 5.27. The standard InChI is InChI=1S/C33H27F4N7O3.C7H12FN/c1-17-11-20(40-18(2)39-17)12-24(35)31(45)44-10-9-43(14-33(44)15-47-16-33)30-22-13-38-28(27(37)29(22)41-32(42-30)46-3)21-6-4-5-19-7-8-23(34)26(36)25(19)21;8-6-4-7-2-1-3-9(7)5-6/h4-8,11-13H,9-10,14-16H2,1-3H3;6-7H,1-5H2/b24-12-;. The van der Waals surface area contributed by atoms with Gasteiger partial charge >= 0.3 is 6.01 Å². The Bertz CT molecular complexity index is 2340. The summed E-state index contributed by atoms with van der Waals surface area (Å²) in [6.45, 7) is 6.09. The minimum atomic E-state index is -1.12. The largest absolute Gasteiger partial charge is 0.467 e. The van der Waals surface area contributed by atoms with Crippen LogP contribution in [0.25, 0.3) is 39.0 Å². The molecule has 4 fully saturated rings. The lowest BCUT2D eigenvalue weighted by Crippen LogP contribution is -2.73. The molecule has 2 unspecified atom stereocenters. The van der Waals surface area contributed by atoms with E-state index in [-0.39, 0.29) is 77.9 Å². The molecule has 0 bridgehead atoms. The van der Waals surface area contributed by atoms with Gasteiger partial charge in [-0.3, -0.25) is 14.7 Å². The normalized spacial score (nSPS) is 20.6. The zero-order valence-corrected chi connectivity index (χ0v) is 31.0. The van der Waals surface area contributed by atoms with E-state index in [1.54, 1.807) is 32.0 Å². The smallest absolute Gasteiger partial charge is 0.318 e. The number of carbonyl (C=O) groups excluding carboxylic acids is 1. The first kappa shape index (κ1) is 37.6. The minimum absolute atomic E-state index is 0.0538. The van der Waals surface area contributed by atoms with Gasteiger partial charge in [0.25, 0.3) is 5.91 Å². The SMILES string of the molecule is COc1nc(N2CCN(C(=O)/C(F)=C/c3cc(C)nc(C)n3)C3(COC3)C2)c2cnc(-c3cccc4ccc(F)c(F)c34)c(F)c2n1.FC1CC2CCCN2C1. The highest BCUT2D eigenvalue weighted by Crippen LogP contribution is 2.39. The van der Waals surface area contributed by atoms with Crippen molar-refractivity contribution < 1.29 is 36.2 Å². The number of piperazine rings is 1. The number of pyridine rings is 1. The molecule has 2 atom stereocenters. The lowest BCUT2D eigenvalue weighted by Gasteiger charge is -2.55. The number of hydrogen-bond donors (Lipinski definition) is 0. The summed E-state index contributed by atoms with van der Waals surface area (Å²) >= 11 is 0. The zero-order chi connectivity index (χ0) is 39.3. The molecule has 56 heavy (non-hydrogen) atoms. The maximum absolute atomic E-state index is 16.3. The molecule has 5 aromatic rings. The molecule has 4 aliphatic heterocycles. The average molecular weight is 775 g/mol. The van der Waals surface area contributed by atoms with E-state index >= 15 is 8.78 Å². The van der Waals surface area contributed by atoms with Gasteiger partial charge in [-0.2, -0.15) is 9.97 Å². The van der Waals surface area contributed by atoms with E-state index < -0.39 is 40.9 Å². The number of halogens is 5. The van der Waals surface area contributed by atoms with Gasteiger partial charge in [0.05, 0.1) is 31.4 Å². The Morgan fingerprint density at radius 3 is 2.57 bits per heavy atom. The van der Waals surface area contributed by atoms with Crippen molar-refractivity contribution in [2.45, 2.75) is 50.9 Å². The van der Waals surface area contributed by atoms with Gasteiger partial charge in [0.2, 0.25) is 0 Å². The van der Waals surface area contributed by atoms with Crippen LogP contribution >= 0.6 is 0 Å². The number of rotatable bonds is 5. The van der Waals surface area contributed by atoms with E-state index in [4.69, 9.17) is 9.47 Å². The van der Waals surface area contributed by atoms with Crippen molar-refractivity contribution in [1.29, 1.82) is 0 Å².